The Morgan fingerprint density at radius 3 is 2.00 bits per heavy atom. The van der Waals surface area contributed by atoms with Gasteiger partial charge in [0.15, 0.2) is 0 Å². The number of rotatable bonds is 7. The summed E-state index contributed by atoms with van der Waals surface area (Å²) in [5, 5.41) is 0. The van der Waals surface area contributed by atoms with Crippen molar-refractivity contribution in [3.8, 4) is 0 Å². The molecule has 1 heterocycles. The van der Waals surface area contributed by atoms with E-state index in [1.807, 2.05) is 0 Å². The van der Waals surface area contributed by atoms with Gasteiger partial charge in [0.2, 0.25) is 11.8 Å². The van der Waals surface area contributed by atoms with Crippen LogP contribution in [0.15, 0.2) is 0 Å². The second-order valence-electron chi connectivity index (χ2n) is 8.94. The molecule has 1 aliphatic heterocycles. The van der Waals surface area contributed by atoms with Crippen molar-refractivity contribution in [3.05, 3.63) is 0 Å². The van der Waals surface area contributed by atoms with Gasteiger partial charge in [0.05, 0.1) is 0 Å². The van der Waals surface area contributed by atoms with E-state index in [4.69, 9.17) is 4.74 Å². The lowest BCUT2D eigenvalue weighted by atomic mass is 9.76. The quantitative estimate of drug-likeness (QED) is 0.399. The zero-order valence-electron chi connectivity index (χ0n) is 18.4. The van der Waals surface area contributed by atoms with Crippen LogP contribution in [0.2, 0.25) is 0 Å². The first-order valence-electron chi connectivity index (χ1n) is 10.2. The number of amides is 2. The van der Waals surface area contributed by atoms with E-state index in [0.29, 0.717) is 0 Å². The van der Waals surface area contributed by atoms with E-state index in [1.54, 1.807) is 20.8 Å². The topological polar surface area (TPSA) is 49.9 Å². The van der Waals surface area contributed by atoms with E-state index in [-0.39, 0.29) is 45.3 Å². The summed E-state index contributed by atoms with van der Waals surface area (Å²) in [5.74, 6) is -3.88. The first-order valence-corrected chi connectivity index (χ1v) is 10.2. The first kappa shape index (κ1) is 26.4. The summed E-state index contributed by atoms with van der Waals surface area (Å²) in [6, 6.07) is 0. The monoisotopic (exact) mass is 444 g/mol. The summed E-state index contributed by atoms with van der Waals surface area (Å²) in [5.41, 5.74) is -3.37. The highest BCUT2D eigenvalue weighted by Crippen LogP contribution is 2.47. The van der Waals surface area contributed by atoms with Crippen molar-refractivity contribution in [2.24, 2.45) is 5.41 Å². The lowest BCUT2D eigenvalue weighted by Crippen LogP contribution is -2.57. The Hall–Kier alpha value is -1.61. The number of ether oxygens (including phenoxy) is 1. The molecule has 0 saturated carbocycles. The van der Waals surface area contributed by atoms with Crippen LogP contribution >= 0.6 is 0 Å². The van der Waals surface area contributed by atoms with Gasteiger partial charge in [-0.1, -0.05) is 6.92 Å². The van der Waals surface area contributed by atoms with Crippen LogP contribution in [0.1, 0.15) is 66.2 Å². The number of halogens is 5. The van der Waals surface area contributed by atoms with Crippen LogP contribution in [-0.2, 0) is 9.53 Å². The van der Waals surface area contributed by atoms with Crippen LogP contribution in [0.25, 0.3) is 0 Å². The second-order valence-corrected chi connectivity index (χ2v) is 8.94. The Bertz CT molecular complexity index is 594. The number of likely N-dealkylation sites (tertiary alicyclic amines) is 1. The van der Waals surface area contributed by atoms with Crippen molar-refractivity contribution in [3.63, 3.8) is 0 Å². The van der Waals surface area contributed by atoms with Gasteiger partial charge in [-0.2, -0.15) is 13.2 Å². The van der Waals surface area contributed by atoms with Crippen LogP contribution < -0.4 is 0 Å². The molecule has 0 unspecified atom stereocenters. The molecule has 30 heavy (non-hydrogen) atoms. The Labute approximate surface area is 174 Å². The summed E-state index contributed by atoms with van der Waals surface area (Å²) in [6.45, 7) is 5.79. The first-order chi connectivity index (χ1) is 13.5. The predicted octanol–water partition coefficient (Wildman–Crippen LogP) is 5.24. The van der Waals surface area contributed by atoms with Gasteiger partial charge in [-0.15, -0.1) is 0 Å². The average molecular weight is 444 g/mol. The van der Waals surface area contributed by atoms with E-state index < -0.39 is 48.0 Å². The number of piperidine rings is 1. The van der Waals surface area contributed by atoms with Crippen molar-refractivity contribution in [1.82, 2.24) is 9.80 Å². The molecule has 0 bridgehead atoms. The number of hydrogen-bond donors (Lipinski definition) is 0. The van der Waals surface area contributed by atoms with Gasteiger partial charge in [0.1, 0.15) is 11.0 Å². The Morgan fingerprint density at radius 1 is 1.03 bits per heavy atom. The predicted molar refractivity (Wildman–Crippen MR) is 102 cm³/mol. The molecule has 0 N–H and O–H groups in total. The molecule has 1 rings (SSSR count). The van der Waals surface area contributed by atoms with Crippen LogP contribution in [0, 0.1) is 5.41 Å². The van der Waals surface area contributed by atoms with Crippen molar-refractivity contribution in [2.75, 3.05) is 26.7 Å². The molecule has 0 aromatic rings. The lowest BCUT2D eigenvalue weighted by molar-refractivity contribution is -0.237. The number of carbonyl (C=O) groups excluding carboxylic acids is 2. The molecule has 0 atom stereocenters. The van der Waals surface area contributed by atoms with Crippen LogP contribution in [0.4, 0.5) is 26.7 Å². The van der Waals surface area contributed by atoms with Gasteiger partial charge in [0.25, 0.3) is 0 Å². The lowest BCUT2D eigenvalue weighted by Gasteiger charge is -2.43. The standard InChI is InChI=1S/C20H33F5N2O3/c1-6-19(21,22)9-7-8-12-26(5)15(28)18(20(23,24)25)10-13-27(14-11-18)16(29)30-17(2,3)4/h6-14H2,1-5H3. The molecule has 0 aromatic carbocycles. The Kier molecular flexibility index (Phi) is 8.53. The van der Waals surface area contributed by atoms with Gasteiger partial charge >= 0.3 is 12.3 Å². The summed E-state index contributed by atoms with van der Waals surface area (Å²) < 4.78 is 73.5. The second kappa shape index (κ2) is 9.68. The van der Waals surface area contributed by atoms with Crippen LogP contribution in [0.3, 0.4) is 0 Å². The maximum atomic E-state index is 13.9. The number of hydrogen-bond acceptors (Lipinski definition) is 3. The normalized spacial score (nSPS) is 17.6. The third kappa shape index (κ3) is 6.97. The third-order valence-electron chi connectivity index (χ3n) is 5.37. The molecule has 0 aromatic heterocycles. The van der Waals surface area contributed by atoms with E-state index in [0.717, 1.165) is 4.90 Å². The van der Waals surface area contributed by atoms with Gasteiger partial charge in [-0.05, 0) is 46.5 Å². The van der Waals surface area contributed by atoms with Crippen molar-refractivity contribution < 1.29 is 36.3 Å². The van der Waals surface area contributed by atoms with Gasteiger partial charge in [-0.3, -0.25) is 4.79 Å². The number of alkyl halides is 5. The summed E-state index contributed by atoms with van der Waals surface area (Å²) in [4.78, 5) is 27.0. The smallest absolute Gasteiger partial charge is 0.410 e. The van der Waals surface area contributed by atoms with Crippen molar-refractivity contribution in [2.45, 2.75) is 83.9 Å². The fourth-order valence-electron chi connectivity index (χ4n) is 3.39. The van der Waals surface area contributed by atoms with Gasteiger partial charge in [0, 0.05) is 39.5 Å². The highest BCUT2D eigenvalue weighted by Gasteiger charge is 2.62. The maximum Gasteiger partial charge on any atom is 0.410 e. The van der Waals surface area contributed by atoms with Crippen molar-refractivity contribution in [1.29, 1.82) is 0 Å². The van der Waals surface area contributed by atoms with Gasteiger partial charge in [-0.25, -0.2) is 13.6 Å². The average Bonchev–Trinajstić information content (AvgIpc) is 2.62. The highest BCUT2D eigenvalue weighted by molar-refractivity contribution is 5.84. The minimum absolute atomic E-state index is 0.0355. The van der Waals surface area contributed by atoms with E-state index >= 15 is 0 Å². The molecule has 1 fully saturated rings. The molecular formula is C20H33F5N2O3. The fourth-order valence-corrected chi connectivity index (χ4v) is 3.39. The summed E-state index contributed by atoms with van der Waals surface area (Å²) in [6.07, 6.45) is -6.98. The Morgan fingerprint density at radius 2 is 1.57 bits per heavy atom. The molecule has 0 aliphatic carbocycles. The highest BCUT2D eigenvalue weighted by atomic mass is 19.4. The summed E-state index contributed by atoms with van der Waals surface area (Å²) >= 11 is 0. The largest absolute Gasteiger partial charge is 0.444 e. The summed E-state index contributed by atoms with van der Waals surface area (Å²) in [7, 11) is 1.26. The zero-order chi connectivity index (χ0) is 23.4. The molecule has 0 spiro atoms. The fraction of sp³-hybridized carbons (Fsp3) is 0.900. The molecular weight excluding hydrogens is 411 g/mol. The number of carbonyl (C=O) groups is 2. The maximum absolute atomic E-state index is 13.9. The number of unbranched alkanes of at least 4 members (excludes halogenated alkanes) is 1. The van der Waals surface area contributed by atoms with E-state index in [1.165, 1.54) is 18.9 Å². The molecule has 1 saturated heterocycles. The number of nitrogens with zero attached hydrogens (tertiary/aromatic N) is 2. The van der Waals surface area contributed by atoms with Gasteiger partial charge < -0.3 is 14.5 Å². The van der Waals surface area contributed by atoms with Crippen LogP contribution in [-0.4, -0.2) is 66.2 Å². The van der Waals surface area contributed by atoms with E-state index in [2.05, 4.69) is 0 Å². The molecule has 10 heteroatoms. The minimum Gasteiger partial charge on any atom is -0.444 e. The Balaban J connectivity index is 2.76. The molecule has 1 aliphatic rings. The molecule has 0 radical (unpaired) electrons. The van der Waals surface area contributed by atoms with Crippen molar-refractivity contribution >= 4 is 12.0 Å². The van der Waals surface area contributed by atoms with E-state index in [9.17, 15) is 31.5 Å². The molecule has 176 valence electrons. The molecule has 2 amide bonds. The van der Waals surface area contributed by atoms with Crippen LogP contribution in [0.5, 0.6) is 0 Å². The zero-order valence-corrected chi connectivity index (χ0v) is 18.4. The minimum atomic E-state index is -4.78. The molecule has 5 nitrogen and oxygen atoms in total. The SMILES string of the molecule is CCC(F)(F)CCCCN(C)C(=O)C1(C(F)(F)F)CCN(C(=O)OC(C)(C)C)CC1. The third-order valence-corrected chi connectivity index (χ3v) is 5.37.